The molecule has 0 N–H and O–H groups in total. The first-order chi connectivity index (χ1) is 11.9. The van der Waals surface area contributed by atoms with E-state index < -0.39 is 0 Å². The number of aryl methyl sites for hydroxylation is 3. The van der Waals surface area contributed by atoms with Crippen molar-refractivity contribution in [3.8, 4) is 5.88 Å². The summed E-state index contributed by atoms with van der Waals surface area (Å²) in [5, 5.41) is 4.02. The molecule has 2 aromatic heterocycles. The lowest BCUT2D eigenvalue weighted by molar-refractivity contribution is 0.0579. The Bertz CT molecular complexity index is 820. The van der Waals surface area contributed by atoms with Crippen molar-refractivity contribution in [2.24, 2.45) is 7.05 Å². The summed E-state index contributed by atoms with van der Waals surface area (Å²) in [6, 6.07) is 4.65. The summed E-state index contributed by atoms with van der Waals surface area (Å²) in [4.78, 5) is 34.2. The molecule has 25 heavy (non-hydrogen) atoms. The Morgan fingerprint density at radius 2 is 1.92 bits per heavy atom. The summed E-state index contributed by atoms with van der Waals surface area (Å²) < 4.78 is 7.10. The Morgan fingerprint density at radius 3 is 2.56 bits per heavy atom. The average molecular weight is 343 g/mol. The van der Waals surface area contributed by atoms with E-state index >= 15 is 0 Å². The van der Waals surface area contributed by atoms with Crippen LogP contribution >= 0.6 is 0 Å². The summed E-state index contributed by atoms with van der Waals surface area (Å²) >= 11 is 0. The molecule has 3 rings (SSSR count). The van der Waals surface area contributed by atoms with E-state index in [0.29, 0.717) is 24.8 Å². The van der Waals surface area contributed by atoms with E-state index in [1.54, 1.807) is 4.90 Å². The summed E-state index contributed by atoms with van der Waals surface area (Å²) in [6.07, 6.45) is 1.46. The van der Waals surface area contributed by atoms with E-state index in [1.165, 1.54) is 23.9 Å². The number of aromatic nitrogens is 4. The fraction of sp³-hybridized carbons (Fsp3) is 0.471. The number of nitrogens with zero attached hydrogens (tertiary/aromatic N) is 5. The molecule has 1 amide bonds. The fourth-order valence-electron chi connectivity index (χ4n) is 2.87. The molecule has 1 fully saturated rings. The van der Waals surface area contributed by atoms with Gasteiger partial charge in [0.05, 0.1) is 0 Å². The molecule has 1 aliphatic heterocycles. The molecule has 0 spiro atoms. The average Bonchev–Trinajstić information content (AvgIpc) is 2.56. The van der Waals surface area contributed by atoms with Crippen LogP contribution in [0.4, 0.5) is 0 Å². The number of piperidine rings is 1. The van der Waals surface area contributed by atoms with Crippen molar-refractivity contribution in [2.75, 3.05) is 13.1 Å². The van der Waals surface area contributed by atoms with Gasteiger partial charge in [-0.15, -0.1) is 0 Å². The number of ether oxygens (including phenoxy) is 1. The quantitative estimate of drug-likeness (QED) is 0.821. The van der Waals surface area contributed by atoms with Crippen LogP contribution in [0, 0.1) is 13.8 Å². The Kier molecular flexibility index (Phi) is 4.78. The van der Waals surface area contributed by atoms with Crippen molar-refractivity contribution in [3.05, 3.63) is 45.8 Å². The van der Waals surface area contributed by atoms with Gasteiger partial charge in [-0.3, -0.25) is 9.59 Å². The van der Waals surface area contributed by atoms with E-state index in [-0.39, 0.29) is 23.3 Å². The highest BCUT2D eigenvalue weighted by Crippen LogP contribution is 2.19. The molecule has 2 aromatic rings. The molecule has 0 aromatic carbocycles. The third kappa shape index (κ3) is 4.01. The molecule has 8 heteroatoms. The Hall–Kier alpha value is -2.77. The standard InChI is InChI=1S/C17H21N5O3/c1-11-10-15(19-12(2)18-11)25-13-6-8-22(9-7-13)17(24)14-4-5-16(23)21(3)20-14/h4-5,10,13H,6-9H2,1-3H3. The van der Waals surface area contributed by atoms with E-state index in [9.17, 15) is 9.59 Å². The Labute approximate surface area is 145 Å². The molecule has 0 unspecified atom stereocenters. The number of carbonyl (C=O) groups is 1. The van der Waals surface area contributed by atoms with E-state index in [1.807, 2.05) is 19.9 Å². The number of carbonyl (C=O) groups excluding carboxylic acids is 1. The smallest absolute Gasteiger partial charge is 0.274 e. The first-order valence-corrected chi connectivity index (χ1v) is 8.25. The second kappa shape index (κ2) is 7.00. The molecule has 0 radical (unpaired) electrons. The molecule has 1 aliphatic rings. The highest BCUT2D eigenvalue weighted by Gasteiger charge is 2.26. The van der Waals surface area contributed by atoms with Gasteiger partial charge in [-0.25, -0.2) is 9.67 Å². The highest BCUT2D eigenvalue weighted by atomic mass is 16.5. The van der Waals surface area contributed by atoms with Gasteiger partial charge >= 0.3 is 0 Å². The minimum absolute atomic E-state index is 0.0193. The van der Waals surface area contributed by atoms with Crippen molar-refractivity contribution in [2.45, 2.75) is 32.8 Å². The maximum atomic E-state index is 12.5. The van der Waals surface area contributed by atoms with E-state index in [0.717, 1.165) is 18.5 Å². The van der Waals surface area contributed by atoms with Gasteiger partial charge < -0.3 is 9.64 Å². The number of hydrogen-bond acceptors (Lipinski definition) is 6. The third-order valence-electron chi connectivity index (χ3n) is 4.14. The van der Waals surface area contributed by atoms with Crippen LogP contribution in [-0.2, 0) is 7.05 Å². The normalized spacial score (nSPS) is 15.2. The molecule has 8 nitrogen and oxygen atoms in total. The summed E-state index contributed by atoms with van der Waals surface area (Å²) in [5.74, 6) is 1.10. The number of amides is 1. The zero-order chi connectivity index (χ0) is 18.0. The third-order valence-corrected chi connectivity index (χ3v) is 4.14. The summed E-state index contributed by atoms with van der Waals surface area (Å²) in [7, 11) is 1.53. The molecular weight excluding hydrogens is 322 g/mol. The van der Waals surface area contributed by atoms with Crippen molar-refractivity contribution in [3.63, 3.8) is 0 Å². The monoisotopic (exact) mass is 343 g/mol. The molecule has 0 bridgehead atoms. The summed E-state index contributed by atoms with van der Waals surface area (Å²) in [6.45, 7) is 4.90. The van der Waals surface area contributed by atoms with Gasteiger partial charge in [-0.05, 0) is 19.9 Å². The van der Waals surface area contributed by atoms with Crippen LogP contribution in [0.2, 0.25) is 0 Å². The van der Waals surface area contributed by atoms with E-state index in [2.05, 4.69) is 15.1 Å². The van der Waals surface area contributed by atoms with Crippen LogP contribution in [0.3, 0.4) is 0 Å². The second-order valence-electron chi connectivity index (χ2n) is 6.18. The van der Waals surface area contributed by atoms with Crippen molar-refractivity contribution < 1.29 is 9.53 Å². The predicted octanol–water partition coefficient (Wildman–Crippen LogP) is 0.871. The lowest BCUT2D eigenvalue weighted by Crippen LogP contribution is -2.42. The Balaban J connectivity index is 1.60. The van der Waals surface area contributed by atoms with Gasteiger partial charge in [0.1, 0.15) is 17.6 Å². The van der Waals surface area contributed by atoms with Crippen molar-refractivity contribution in [1.29, 1.82) is 0 Å². The van der Waals surface area contributed by atoms with Crippen LogP contribution < -0.4 is 10.3 Å². The molecular formula is C17H21N5O3. The fourth-order valence-corrected chi connectivity index (χ4v) is 2.87. The second-order valence-corrected chi connectivity index (χ2v) is 6.18. The minimum atomic E-state index is -0.237. The largest absolute Gasteiger partial charge is 0.474 e. The maximum absolute atomic E-state index is 12.5. The highest BCUT2D eigenvalue weighted by molar-refractivity contribution is 5.92. The van der Waals surface area contributed by atoms with Gasteiger partial charge in [-0.2, -0.15) is 10.1 Å². The minimum Gasteiger partial charge on any atom is -0.474 e. The Morgan fingerprint density at radius 1 is 1.20 bits per heavy atom. The van der Waals surface area contributed by atoms with Crippen molar-refractivity contribution in [1.82, 2.24) is 24.6 Å². The first-order valence-electron chi connectivity index (χ1n) is 8.25. The molecule has 0 atom stereocenters. The zero-order valence-corrected chi connectivity index (χ0v) is 14.6. The lowest BCUT2D eigenvalue weighted by atomic mass is 10.1. The number of hydrogen-bond donors (Lipinski definition) is 0. The van der Waals surface area contributed by atoms with Gasteiger partial charge in [0.2, 0.25) is 5.88 Å². The van der Waals surface area contributed by atoms with Gasteiger partial charge in [0.25, 0.3) is 11.5 Å². The van der Waals surface area contributed by atoms with Crippen LogP contribution in [0.1, 0.15) is 34.8 Å². The van der Waals surface area contributed by atoms with Gasteiger partial charge in [0.15, 0.2) is 0 Å². The zero-order valence-electron chi connectivity index (χ0n) is 14.6. The topological polar surface area (TPSA) is 90.2 Å². The van der Waals surface area contributed by atoms with Crippen LogP contribution in [0.25, 0.3) is 0 Å². The molecule has 3 heterocycles. The first kappa shape index (κ1) is 17.1. The molecule has 1 saturated heterocycles. The van der Waals surface area contributed by atoms with Crippen LogP contribution in [-0.4, -0.2) is 49.7 Å². The number of likely N-dealkylation sites (tertiary alicyclic amines) is 1. The van der Waals surface area contributed by atoms with Gasteiger partial charge in [0, 0.05) is 50.8 Å². The SMILES string of the molecule is Cc1cc(OC2CCN(C(=O)c3ccc(=O)n(C)n3)CC2)nc(C)n1. The summed E-state index contributed by atoms with van der Waals surface area (Å²) in [5.41, 5.74) is 0.915. The van der Waals surface area contributed by atoms with Crippen molar-refractivity contribution >= 4 is 5.91 Å². The molecule has 0 saturated carbocycles. The molecule has 132 valence electrons. The molecule has 0 aliphatic carbocycles. The lowest BCUT2D eigenvalue weighted by Gasteiger charge is -2.31. The van der Waals surface area contributed by atoms with E-state index in [4.69, 9.17) is 4.74 Å². The predicted molar refractivity (Wildman–Crippen MR) is 90.5 cm³/mol. The van der Waals surface area contributed by atoms with Gasteiger partial charge in [-0.1, -0.05) is 0 Å². The van der Waals surface area contributed by atoms with Crippen LogP contribution in [0.15, 0.2) is 23.0 Å². The maximum Gasteiger partial charge on any atom is 0.274 e. The number of rotatable bonds is 3. The van der Waals surface area contributed by atoms with Crippen LogP contribution in [0.5, 0.6) is 5.88 Å².